The van der Waals surface area contributed by atoms with E-state index in [4.69, 9.17) is 16.3 Å². The minimum absolute atomic E-state index is 0.141. The Morgan fingerprint density at radius 2 is 2.14 bits per heavy atom. The number of aryl methyl sites for hydroxylation is 2. The van der Waals surface area contributed by atoms with Gasteiger partial charge in [-0.15, -0.1) is 0 Å². The van der Waals surface area contributed by atoms with E-state index in [1.165, 1.54) is 0 Å². The van der Waals surface area contributed by atoms with E-state index in [-0.39, 0.29) is 12.0 Å². The second-order valence-corrected chi connectivity index (χ2v) is 7.00. The number of hydrogen-bond donors (Lipinski definition) is 0. The largest absolute Gasteiger partial charge is 0.459 e. The van der Waals surface area contributed by atoms with Crippen LogP contribution in [0.3, 0.4) is 0 Å². The SMILES string of the molecule is Cc1nn(C)c(Cl)c1CN1CCC[C@@H]1C(=O)OC(C)(C)C. The number of halogens is 1. The molecular formula is C15H24ClN3O2. The molecule has 1 saturated heterocycles. The maximum atomic E-state index is 12.3. The molecule has 1 fully saturated rings. The van der Waals surface area contributed by atoms with Gasteiger partial charge in [-0.3, -0.25) is 14.4 Å². The van der Waals surface area contributed by atoms with Gasteiger partial charge in [-0.05, 0) is 47.1 Å². The molecule has 21 heavy (non-hydrogen) atoms. The van der Waals surface area contributed by atoms with Crippen molar-refractivity contribution in [1.29, 1.82) is 0 Å². The van der Waals surface area contributed by atoms with Gasteiger partial charge in [0, 0.05) is 19.2 Å². The predicted octanol–water partition coefficient (Wildman–Crippen LogP) is 2.69. The van der Waals surface area contributed by atoms with E-state index in [1.807, 2.05) is 34.7 Å². The molecule has 0 N–H and O–H groups in total. The number of nitrogens with zero attached hydrogens (tertiary/aromatic N) is 3. The first-order valence-corrected chi connectivity index (χ1v) is 7.71. The van der Waals surface area contributed by atoms with Gasteiger partial charge in [0.2, 0.25) is 0 Å². The summed E-state index contributed by atoms with van der Waals surface area (Å²) in [6, 6.07) is -0.181. The molecule has 1 aliphatic rings. The topological polar surface area (TPSA) is 47.4 Å². The summed E-state index contributed by atoms with van der Waals surface area (Å²) in [6.07, 6.45) is 1.84. The van der Waals surface area contributed by atoms with Gasteiger partial charge < -0.3 is 4.74 Å². The molecule has 6 heteroatoms. The average molecular weight is 314 g/mol. The van der Waals surface area contributed by atoms with Crippen molar-refractivity contribution < 1.29 is 9.53 Å². The Labute approximate surface area is 131 Å². The first-order chi connectivity index (χ1) is 9.69. The Morgan fingerprint density at radius 3 is 2.67 bits per heavy atom. The van der Waals surface area contributed by atoms with Gasteiger partial charge in [0.05, 0.1) is 5.69 Å². The molecule has 0 aromatic carbocycles. The quantitative estimate of drug-likeness (QED) is 0.805. The lowest BCUT2D eigenvalue weighted by atomic mass is 10.1. The van der Waals surface area contributed by atoms with Crippen molar-refractivity contribution in [3.63, 3.8) is 0 Å². The second kappa shape index (κ2) is 5.97. The molecule has 0 saturated carbocycles. The highest BCUT2D eigenvalue weighted by Crippen LogP contribution is 2.27. The van der Waals surface area contributed by atoms with Crippen molar-refractivity contribution in [2.75, 3.05) is 6.54 Å². The average Bonchev–Trinajstić information content (AvgIpc) is 2.88. The molecule has 2 heterocycles. The fraction of sp³-hybridized carbons (Fsp3) is 0.733. The minimum Gasteiger partial charge on any atom is -0.459 e. The molecule has 118 valence electrons. The number of rotatable bonds is 3. The van der Waals surface area contributed by atoms with E-state index >= 15 is 0 Å². The van der Waals surface area contributed by atoms with E-state index in [0.29, 0.717) is 11.7 Å². The van der Waals surface area contributed by atoms with Crippen LogP contribution in [0, 0.1) is 6.92 Å². The number of esters is 1. The van der Waals surface area contributed by atoms with Gasteiger partial charge in [-0.2, -0.15) is 5.10 Å². The van der Waals surface area contributed by atoms with Gasteiger partial charge in [0.1, 0.15) is 16.8 Å². The number of carbonyl (C=O) groups is 1. The van der Waals surface area contributed by atoms with E-state index in [1.54, 1.807) is 4.68 Å². The highest BCUT2D eigenvalue weighted by molar-refractivity contribution is 6.30. The summed E-state index contributed by atoms with van der Waals surface area (Å²) in [5.41, 5.74) is 1.46. The Hall–Kier alpha value is -1.07. The summed E-state index contributed by atoms with van der Waals surface area (Å²) in [6.45, 7) is 9.15. The third-order valence-corrected chi connectivity index (χ3v) is 4.15. The minimum atomic E-state index is -0.451. The van der Waals surface area contributed by atoms with Gasteiger partial charge in [-0.25, -0.2) is 0 Å². The van der Waals surface area contributed by atoms with E-state index in [9.17, 15) is 4.79 Å². The van der Waals surface area contributed by atoms with Gasteiger partial charge in [0.25, 0.3) is 0 Å². The molecular weight excluding hydrogens is 290 g/mol. The molecule has 0 amide bonds. The molecule has 2 rings (SSSR count). The van der Waals surface area contributed by atoms with Crippen LogP contribution in [-0.2, 0) is 23.1 Å². The molecule has 1 aromatic heterocycles. The smallest absolute Gasteiger partial charge is 0.323 e. The van der Waals surface area contributed by atoms with Crippen molar-refractivity contribution in [2.24, 2.45) is 7.05 Å². The van der Waals surface area contributed by atoms with Crippen molar-refractivity contribution in [2.45, 2.75) is 58.7 Å². The van der Waals surface area contributed by atoms with Gasteiger partial charge >= 0.3 is 5.97 Å². The lowest BCUT2D eigenvalue weighted by Crippen LogP contribution is -2.40. The Balaban J connectivity index is 2.10. The zero-order valence-electron chi connectivity index (χ0n) is 13.4. The first-order valence-electron chi connectivity index (χ1n) is 7.34. The van der Waals surface area contributed by atoms with Crippen molar-refractivity contribution in [1.82, 2.24) is 14.7 Å². The van der Waals surface area contributed by atoms with Crippen molar-refractivity contribution in [3.8, 4) is 0 Å². The zero-order valence-corrected chi connectivity index (χ0v) is 14.2. The summed E-state index contributed by atoms with van der Waals surface area (Å²) in [4.78, 5) is 14.5. The van der Waals surface area contributed by atoms with Crippen molar-refractivity contribution in [3.05, 3.63) is 16.4 Å². The summed E-state index contributed by atoms with van der Waals surface area (Å²) < 4.78 is 7.19. The highest BCUT2D eigenvalue weighted by Gasteiger charge is 2.34. The van der Waals surface area contributed by atoms with Crippen LogP contribution in [0.5, 0.6) is 0 Å². The molecule has 0 aliphatic carbocycles. The maximum Gasteiger partial charge on any atom is 0.323 e. The molecule has 0 unspecified atom stereocenters. The van der Waals surface area contributed by atoms with Crippen molar-refractivity contribution >= 4 is 17.6 Å². The van der Waals surface area contributed by atoms with Crippen LogP contribution >= 0.6 is 11.6 Å². The lowest BCUT2D eigenvalue weighted by molar-refractivity contribution is -0.160. The number of aromatic nitrogens is 2. The van der Waals surface area contributed by atoms with Gasteiger partial charge in [-0.1, -0.05) is 11.6 Å². The molecule has 5 nitrogen and oxygen atoms in total. The molecule has 0 bridgehead atoms. The number of likely N-dealkylation sites (tertiary alicyclic amines) is 1. The Morgan fingerprint density at radius 1 is 1.48 bits per heavy atom. The molecule has 1 aliphatic heterocycles. The monoisotopic (exact) mass is 313 g/mol. The normalized spacial score (nSPS) is 20.0. The van der Waals surface area contributed by atoms with Crippen LogP contribution in [-0.4, -0.2) is 38.8 Å². The van der Waals surface area contributed by atoms with Crippen LogP contribution in [0.25, 0.3) is 0 Å². The van der Waals surface area contributed by atoms with Crippen LogP contribution in [0.4, 0.5) is 0 Å². The number of ether oxygens (including phenoxy) is 1. The summed E-state index contributed by atoms with van der Waals surface area (Å²) >= 11 is 6.28. The summed E-state index contributed by atoms with van der Waals surface area (Å²) in [5.74, 6) is -0.141. The molecule has 1 aromatic rings. The van der Waals surface area contributed by atoms with E-state index in [0.717, 1.165) is 30.6 Å². The Bertz CT molecular complexity index is 534. The first kappa shape index (κ1) is 16.3. The standard InChI is InChI=1S/C15H24ClN3O2/c1-10-11(13(16)18(5)17-10)9-19-8-6-7-12(19)14(20)21-15(2,3)4/h12H,6-9H2,1-5H3/t12-/m1/s1. The van der Waals surface area contributed by atoms with Crippen LogP contribution in [0.15, 0.2) is 0 Å². The second-order valence-electron chi connectivity index (χ2n) is 6.64. The van der Waals surface area contributed by atoms with Gasteiger partial charge in [0.15, 0.2) is 0 Å². The van der Waals surface area contributed by atoms with Crippen LogP contribution in [0.2, 0.25) is 5.15 Å². The fourth-order valence-electron chi connectivity index (χ4n) is 2.71. The summed E-state index contributed by atoms with van der Waals surface area (Å²) in [5, 5.41) is 4.96. The molecule has 1 atom stereocenters. The Kier molecular flexibility index (Phi) is 4.63. The zero-order chi connectivity index (χ0) is 15.8. The third kappa shape index (κ3) is 3.77. The maximum absolute atomic E-state index is 12.3. The molecule has 0 spiro atoms. The molecule has 0 radical (unpaired) electrons. The predicted molar refractivity (Wildman–Crippen MR) is 82.2 cm³/mol. The van der Waals surface area contributed by atoms with E-state index < -0.39 is 5.60 Å². The highest BCUT2D eigenvalue weighted by atomic mass is 35.5. The number of carbonyl (C=O) groups excluding carboxylic acids is 1. The summed E-state index contributed by atoms with van der Waals surface area (Å²) in [7, 11) is 1.83. The number of hydrogen-bond acceptors (Lipinski definition) is 4. The lowest BCUT2D eigenvalue weighted by Gasteiger charge is -2.27. The third-order valence-electron chi connectivity index (χ3n) is 3.67. The van der Waals surface area contributed by atoms with Crippen LogP contribution in [0.1, 0.15) is 44.9 Å². The van der Waals surface area contributed by atoms with Crippen LogP contribution < -0.4 is 0 Å². The van der Waals surface area contributed by atoms with E-state index in [2.05, 4.69) is 10.00 Å². The fourth-order valence-corrected chi connectivity index (χ4v) is 2.94.